The largest absolute Gasteiger partial charge is 0.497 e. The monoisotopic (exact) mass is 393 g/mol. The van der Waals surface area contributed by atoms with Crippen LogP contribution in [0.1, 0.15) is 33.6 Å². The summed E-state index contributed by atoms with van der Waals surface area (Å²) >= 11 is 0. The molecule has 7 heteroatoms. The van der Waals surface area contributed by atoms with E-state index in [-0.39, 0.29) is 30.7 Å². The standard InChI is InChI=1S/C22H23N3O4/c1-3-14-23-22(28)18-7-4-5-8-19(18)25-20(26)9-6-15-24-21(27)16-10-12-17(29-2)13-11-16/h1,4-5,7-8,10-13H,6,9,14-15H2,2H3,(H,23,28)(H,24,27)(H,25,26). The third-order valence-corrected chi connectivity index (χ3v) is 4.02. The highest BCUT2D eigenvalue weighted by molar-refractivity contribution is 6.03. The summed E-state index contributed by atoms with van der Waals surface area (Å²) in [6, 6.07) is 13.4. The molecule has 0 atom stereocenters. The first-order chi connectivity index (χ1) is 14.0. The molecule has 0 aliphatic heterocycles. The quantitative estimate of drug-likeness (QED) is 0.450. The van der Waals surface area contributed by atoms with E-state index < -0.39 is 0 Å². The first-order valence-corrected chi connectivity index (χ1v) is 9.08. The van der Waals surface area contributed by atoms with Crippen LogP contribution in [0.15, 0.2) is 48.5 Å². The summed E-state index contributed by atoms with van der Waals surface area (Å²) in [5.41, 5.74) is 1.26. The van der Waals surface area contributed by atoms with E-state index in [0.29, 0.717) is 35.5 Å². The Morgan fingerprint density at radius 1 is 1.00 bits per heavy atom. The van der Waals surface area contributed by atoms with Gasteiger partial charge in [-0.3, -0.25) is 14.4 Å². The Bertz CT molecular complexity index is 901. The van der Waals surface area contributed by atoms with Gasteiger partial charge in [-0.2, -0.15) is 0 Å². The van der Waals surface area contributed by atoms with E-state index in [1.807, 2.05) is 0 Å². The van der Waals surface area contributed by atoms with Gasteiger partial charge in [0.2, 0.25) is 5.91 Å². The van der Waals surface area contributed by atoms with Crippen molar-refractivity contribution in [2.75, 3.05) is 25.5 Å². The van der Waals surface area contributed by atoms with Crippen molar-refractivity contribution >= 4 is 23.4 Å². The van der Waals surface area contributed by atoms with Gasteiger partial charge in [-0.25, -0.2) is 0 Å². The zero-order valence-corrected chi connectivity index (χ0v) is 16.2. The zero-order valence-electron chi connectivity index (χ0n) is 16.2. The molecule has 0 heterocycles. The maximum atomic E-state index is 12.2. The third kappa shape index (κ3) is 6.70. The molecule has 3 N–H and O–H groups in total. The van der Waals surface area contributed by atoms with Crippen molar-refractivity contribution in [3.8, 4) is 18.1 Å². The van der Waals surface area contributed by atoms with E-state index in [2.05, 4.69) is 21.9 Å². The van der Waals surface area contributed by atoms with E-state index in [1.165, 1.54) is 0 Å². The van der Waals surface area contributed by atoms with Crippen molar-refractivity contribution in [2.24, 2.45) is 0 Å². The minimum absolute atomic E-state index is 0.106. The molecule has 0 aliphatic rings. The summed E-state index contributed by atoms with van der Waals surface area (Å²) in [5.74, 6) is 2.18. The van der Waals surface area contributed by atoms with Gasteiger partial charge in [0, 0.05) is 18.5 Å². The van der Waals surface area contributed by atoms with E-state index in [4.69, 9.17) is 11.2 Å². The van der Waals surface area contributed by atoms with Crippen LogP contribution in [-0.2, 0) is 4.79 Å². The lowest BCUT2D eigenvalue weighted by atomic mass is 10.1. The molecule has 0 saturated carbocycles. The molecule has 2 rings (SSSR count). The Labute approximate surface area is 169 Å². The summed E-state index contributed by atoms with van der Waals surface area (Å²) < 4.78 is 5.06. The molecule has 0 saturated heterocycles. The number of carbonyl (C=O) groups is 3. The van der Waals surface area contributed by atoms with Crippen LogP contribution < -0.4 is 20.7 Å². The second-order valence-electron chi connectivity index (χ2n) is 6.07. The maximum absolute atomic E-state index is 12.2. The molecule has 29 heavy (non-hydrogen) atoms. The van der Waals surface area contributed by atoms with Crippen LogP contribution in [0.4, 0.5) is 5.69 Å². The van der Waals surface area contributed by atoms with Gasteiger partial charge < -0.3 is 20.7 Å². The van der Waals surface area contributed by atoms with Gasteiger partial charge in [0.15, 0.2) is 0 Å². The fourth-order valence-electron chi connectivity index (χ4n) is 2.52. The van der Waals surface area contributed by atoms with Crippen molar-refractivity contribution in [3.05, 3.63) is 59.7 Å². The molecule has 0 unspecified atom stereocenters. The smallest absolute Gasteiger partial charge is 0.254 e. The summed E-state index contributed by atoms with van der Waals surface area (Å²) in [7, 11) is 1.56. The molecule has 7 nitrogen and oxygen atoms in total. The number of ether oxygens (including phenoxy) is 1. The average molecular weight is 393 g/mol. The second kappa shape index (κ2) is 11.1. The Balaban J connectivity index is 1.79. The number of nitrogens with one attached hydrogen (secondary N) is 3. The highest BCUT2D eigenvalue weighted by Gasteiger charge is 2.12. The van der Waals surface area contributed by atoms with Crippen LogP contribution in [-0.4, -0.2) is 37.9 Å². The SMILES string of the molecule is C#CCNC(=O)c1ccccc1NC(=O)CCCNC(=O)c1ccc(OC)cc1. The van der Waals surface area contributed by atoms with Gasteiger partial charge >= 0.3 is 0 Å². The lowest BCUT2D eigenvalue weighted by Crippen LogP contribution is -2.26. The van der Waals surface area contributed by atoms with Crippen molar-refractivity contribution in [1.29, 1.82) is 0 Å². The lowest BCUT2D eigenvalue weighted by molar-refractivity contribution is -0.116. The van der Waals surface area contributed by atoms with Gasteiger partial charge in [-0.05, 0) is 42.8 Å². The van der Waals surface area contributed by atoms with Crippen LogP contribution >= 0.6 is 0 Å². The summed E-state index contributed by atoms with van der Waals surface area (Å²) in [6.45, 7) is 0.456. The van der Waals surface area contributed by atoms with Gasteiger partial charge in [-0.1, -0.05) is 18.1 Å². The molecule has 0 fully saturated rings. The molecule has 0 aliphatic carbocycles. The average Bonchev–Trinajstić information content (AvgIpc) is 2.75. The van der Waals surface area contributed by atoms with Gasteiger partial charge in [0.25, 0.3) is 11.8 Å². The van der Waals surface area contributed by atoms with Crippen molar-refractivity contribution in [3.63, 3.8) is 0 Å². The Kier molecular flexibility index (Phi) is 8.27. The zero-order chi connectivity index (χ0) is 21.1. The molecule has 2 aromatic rings. The van der Waals surface area contributed by atoms with E-state index in [1.54, 1.807) is 55.6 Å². The molecule has 0 aromatic heterocycles. The number of para-hydroxylation sites is 1. The van der Waals surface area contributed by atoms with E-state index in [9.17, 15) is 14.4 Å². The van der Waals surface area contributed by atoms with Gasteiger partial charge in [0.05, 0.1) is 24.9 Å². The van der Waals surface area contributed by atoms with Gasteiger partial charge in [-0.15, -0.1) is 6.42 Å². The topological polar surface area (TPSA) is 96.5 Å². The minimum Gasteiger partial charge on any atom is -0.497 e. The number of methoxy groups -OCH3 is 1. The normalized spacial score (nSPS) is 9.79. The Hall–Kier alpha value is -3.79. The van der Waals surface area contributed by atoms with Crippen LogP contribution in [0.3, 0.4) is 0 Å². The Morgan fingerprint density at radius 2 is 1.72 bits per heavy atom. The number of rotatable bonds is 9. The highest BCUT2D eigenvalue weighted by atomic mass is 16.5. The first-order valence-electron chi connectivity index (χ1n) is 9.08. The Morgan fingerprint density at radius 3 is 2.41 bits per heavy atom. The number of anilines is 1. The first kappa shape index (κ1) is 21.5. The minimum atomic E-state index is -0.356. The molecule has 0 bridgehead atoms. The number of carbonyl (C=O) groups excluding carboxylic acids is 3. The molecule has 0 spiro atoms. The highest BCUT2D eigenvalue weighted by Crippen LogP contribution is 2.15. The van der Waals surface area contributed by atoms with E-state index >= 15 is 0 Å². The summed E-state index contributed by atoms with van der Waals surface area (Å²) in [4.78, 5) is 36.4. The maximum Gasteiger partial charge on any atom is 0.254 e. The molecule has 150 valence electrons. The predicted molar refractivity (Wildman–Crippen MR) is 111 cm³/mol. The number of hydrogen-bond acceptors (Lipinski definition) is 4. The van der Waals surface area contributed by atoms with E-state index in [0.717, 1.165) is 0 Å². The molecule has 3 amide bonds. The fraction of sp³-hybridized carbons (Fsp3) is 0.227. The van der Waals surface area contributed by atoms with Gasteiger partial charge in [0.1, 0.15) is 5.75 Å². The number of benzene rings is 2. The van der Waals surface area contributed by atoms with Crippen molar-refractivity contribution < 1.29 is 19.1 Å². The number of hydrogen-bond donors (Lipinski definition) is 3. The van der Waals surface area contributed by atoms with Crippen molar-refractivity contribution in [1.82, 2.24) is 10.6 Å². The molecule has 2 aromatic carbocycles. The predicted octanol–water partition coefficient (Wildman–Crippen LogP) is 2.21. The van der Waals surface area contributed by atoms with Crippen LogP contribution in [0.2, 0.25) is 0 Å². The van der Waals surface area contributed by atoms with Crippen LogP contribution in [0.5, 0.6) is 5.75 Å². The molecule has 0 radical (unpaired) electrons. The lowest BCUT2D eigenvalue weighted by Gasteiger charge is -2.11. The molecular formula is C22H23N3O4. The molecular weight excluding hydrogens is 370 g/mol. The number of terminal acetylenes is 1. The van der Waals surface area contributed by atoms with Crippen LogP contribution in [0.25, 0.3) is 0 Å². The summed E-state index contributed by atoms with van der Waals surface area (Å²) in [6.07, 6.45) is 5.80. The fourth-order valence-corrected chi connectivity index (χ4v) is 2.52. The third-order valence-electron chi connectivity index (χ3n) is 4.02. The number of amides is 3. The van der Waals surface area contributed by atoms with Crippen molar-refractivity contribution in [2.45, 2.75) is 12.8 Å². The summed E-state index contributed by atoms with van der Waals surface area (Å²) in [5, 5.41) is 8.06. The van der Waals surface area contributed by atoms with Crippen LogP contribution in [0, 0.1) is 12.3 Å². The second-order valence-corrected chi connectivity index (χ2v) is 6.07.